The topological polar surface area (TPSA) is 66.4 Å². The van der Waals surface area contributed by atoms with Gasteiger partial charge in [-0.2, -0.15) is 0 Å². The zero-order valence-electron chi connectivity index (χ0n) is 9.66. The monoisotopic (exact) mass is 299 g/mol. The molecule has 0 aliphatic carbocycles. The van der Waals surface area contributed by atoms with E-state index < -0.39 is 17.4 Å². The summed E-state index contributed by atoms with van der Waals surface area (Å²) in [5.74, 6) is -2.45. The number of carbonyl (C=O) groups excluding carboxylic acids is 1. The van der Waals surface area contributed by atoms with Gasteiger partial charge in [-0.05, 0) is 38.0 Å². The van der Waals surface area contributed by atoms with Gasteiger partial charge in [0.25, 0.3) is 0 Å². The van der Waals surface area contributed by atoms with Gasteiger partial charge in [-0.1, -0.05) is 28.1 Å². The summed E-state index contributed by atoms with van der Waals surface area (Å²) in [6.07, 6.45) is 0.561. The first-order chi connectivity index (χ1) is 7.80. The normalized spacial score (nSPS) is 11.0. The third kappa shape index (κ3) is 4.56. The van der Waals surface area contributed by atoms with Gasteiger partial charge >= 0.3 is 11.9 Å². The van der Waals surface area contributed by atoms with Crippen molar-refractivity contribution in [2.45, 2.75) is 25.8 Å². The molecule has 0 aliphatic rings. The lowest BCUT2D eigenvalue weighted by Gasteiger charge is -2.25. The number of amides is 1. The van der Waals surface area contributed by atoms with Crippen LogP contribution in [-0.4, -0.2) is 22.5 Å². The molecule has 1 rings (SSSR count). The number of hydrogen-bond donors (Lipinski definition) is 2. The van der Waals surface area contributed by atoms with Gasteiger partial charge in [0.05, 0.1) is 0 Å². The Morgan fingerprint density at radius 3 is 2.59 bits per heavy atom. The molecule has 1 amide bonds. The van der Waals surface area contributed by atoms with Crippen LogP contribution >= 0.6 is 15.9 Å². The third-order valence-corrected chi connectivity index (χ3v) is 2.67. The Morgan fingerprint density at radius 2 is 2.06 bits per heavy atom. The minimum atomic E-state index is -1.47. The summed E-state index contributed by atoms with van der Waals surface area (Å²) in [5, 5.41) is 11.0. The maximum atomic E-state index is 11.1. The molecular weight excluding hydrogens is 286 g/mol. The summed E-state index contributed by atoms with van der Waals surface area (Å²) in [7, 11) is 0. The Kier molecular flexibility index (Phi) is 4.28. The molecule has 5 heteroatoms. The van der Waals surface area contributed by atoms with Crippen molar-refractivity contribution in [1.82, 2.24) is 5.32 Å². The zero-order valence-corrected chi connectivity index (χ0v) is 11.2. The number of carboxylic acid groups (broad SMARTS) is 1. The van der Waals surface area contributed by atoms with Crippen LogP contribution in [0.5, 0.6) is 0 Å². The van der Waals surface area contributed by atoms with Crippen LogP contribution in [0.1, 0.15) is 19.4 Å². The summed E-state index contributed by atoms with van der Waals surface area (Å²) in [6.45, 7) is 3.57. The molecule has 1 aromatic rings. The molecule has 0 aliphatic heterocycles. The Morgan fingerprint density at radius 1 is 1.41 bits per heavy atom. The predicted octanol–water partition coefficient (Wildman–Crippen LogP) is 1.97. The molecular formula is C12H14BrNO3. The second kappa shape index (κ2) is 5.31. The molecule has 17 heavy (non-hydrogen) atoms. The number of aliphatic carboxylic acids is 1. The fourth-order valence-corrected chi connectivity index (χ4v) is 2.01. The largest absolute Gasteiger partial charge is 0.474 e. The second-order valence-electron chi connectivity index (χ2n) is 4.45. The van der Waals surface area contributed by atoms with Crippen LogP contribution < -0.4 is 5.32 Å². The number of carboxylic acids is 1. The quantitative estimate of drug-likeness (QED) is 0.839. The van der Waals surface area contributed by atoms with Crippen molar-refractivity contribution < 1.29 is 14.7 Å². The van der Waals surface area contributed by atoms with E-state index in [0.717, 1.165) is 10.0 Å². The van der Waals surface area contributed by atoms with Gasteiger partial charge in [-0.25, -0.2) is 4.79 Å². The van der Waals surface area contributed by atoms with E-state index in [2.05, 4.69) is 21.2 Å². The highest BCUT2D eigenvalue weighted by Crippen LogP contribution is 2.17. The smallest absolute Gasteiger partial charge is 0.394 e. The van der Waals surface area contributed by atoms with Gasteiger partial charge in [0.1, 0.15) is 0 Å². The Labute approximate surface area is 108 Å². The van der Waals surface area contributed by atoms with E-state index in [0.29, 0.717) is 6.42 Å². The van der Waals surface area contributed by atoms with E-state index in [1.165, 1.54) is 0 Å². The minimum Gasteiger partial charge on any atom is -0.474 e. The van der Waals surface area contributed by atoms with E-state index in [1.54, 1.807) is 13.8 Å². The Bertz CT molecular complexity index is 443. The predicted molar refractivity (Wildman–Crippen MR) is 67.7 cm³/mol. The van der Waals surface area contributed by atoms with Crippen LogP contribution in [0.4, 0.5) is 0 Å². The minimum absolute atomic E-state index is 0.561. The molecule has 4 nitrogen and oxygen atoms in total. The average molecular weight is 300 g/mol. The van der Waals surface area contributed by atoms with Gasteiger partial charge in [0, 0.05) is 10.0 Å². The summed E-state index contributed by atoms with van der Waals surface area (Å²) in [5.41, 5.74) is 0.422. The highest BCUT2D eigenvalue weighted by atomic mass is 79.9. The van der Waals surface area contributed by atoms with E-state index in [9.17, 15) is 9.59 Å². The van der Waals surface area contributed by atoms with E-state index in [-0.39, 0.29) is 0 Å². The number of nitrogens with one attached hydrogen (secondary N) is 1. The van der Waals surface area contributed by atoms with Crippen molar-refractivity contribution in [2.75, 3.05) is 0 Å². The molecule has 0 radical (unpaired) electrons. The zero-order chi connectivity index (χ0) is 13.1. The second-order valence-corrected chi connectivity index (χ2v) is 5.37. The van der Waals surface area contributed by atoms with Crippen molar-refractivity contribution >= 4 is 27.8 Å². The molecule has 0 heterocycles. The molecule has 0 fully saturated rings. The van der Waals surface area contributed by atoms with Crippen molar-refractivity contribution in [3.63, 3.8) is 0 Å². The molecule has 92 valence electrons. The summed E-state index contributed by atoms with van der Waals surface area (Å²) in [4.78, 5) is 21.6. The molecule has 0 spiro atoms. The van der Waals surface area contributed by atoms with E-state index >= 15 is 0 Å². The molecule has 0 saturated heterocycles. The standard InChI is InChI=1S/C12H14BrNO3/c1-12(2,14-10(15)11(16)17)7-8-4-3-5-9(13)6-8/h3-6H,7H2,1-2H3,(H,14,15)(H,16,17). The van der Waals surface area contributed by atoms with Crippen molar-refractivity contribution in [3.05, 3.63) is 34.3 Å². The third-order valence-electron chi connectivity index (χ3n) is 2.18. The summed E-state index contributed by atoms with van der Waals surface area (Å²) >= 11 is 3.36. The lowest BCUT2D eigenvalue weighted by Crippen LogP contribution is -2.47. The molecule has 0 bridgehead atoms. The van der Waals surface area contributed by atoms with Gasteiger partial charge in [-0.3, -0.25) is 4.79 Å². The highest BCUT2D eigenvalue weighted by Gasteiger charge is 2.24. The average Bonchev–Trinajstić information content (AvgIpc) is 2.15. The van der Waals surface area contributed by atoms with Crippen LogP contribution in [0.25, 0.3) is 0 Å². The van der Waals surface area contributed by atoms with E-state index in [1.807, 2.05) is 24.3 Å². The van der Waals surface area contributed by atoms with E-state index in [4.69, 9.17) is 5.11 Å². The van der Waals surface area contributed by atoms with Crippen molar-refractivity contribution in [2.24, 2.45) is 0 Å². The lowest BCUT2D eigenvalue weighted by molar-refractivity contribution is -0.151. The van der Waals surface area contributed by atoms with Crippen LogP contribution in [0, 0.1) is 0 Å². The summed E-state index contributed by atoms with van der Waals surface area (Å²) in [6, 6.07) is 7.68. The SMILES string of the molecule is CC(C)(Cc1cccc(Br)c1)NC(=O)C(=O)O. The summed E-state index contributed by atoms with van der Waals surface area (Å²) < 4.78 is 0.954. The van der Waals surface area contributed by atoms with Gasteiger partial charge in [0.15, 0.2) is 0 Å². The first kappa shape index (κ1) is 13.7. The molecule has 0 aromatic heterocycles. The number of carbonyl (C=O) groups is 2. The molecule has 0 unspecified atom stereocenters. The maximum Gasteiger partial charge on any atom is 0.394 e. The van der Waals surface area contributed by atoms with Crippen LogP contribution in [0.3, 0.4) is 0 Å². The fourth-order valence-electron chi connectivity index (χ4n) is 1.56. The Balaban J connectivity index is 2.72. The van der Waals surface area contributed by atoms with Crippen molar-refractivity contribution in [1.29, 1.82) is 0 Å². The lowest BCUT2D eigenvalue weighted by atomic mass is 9.95. The molecule has 0 saturated carbocycles. The van der Waals surface area contributed by atoms with Crippen molar-refractivity contribution in [3.8, 4) is 0 Å². The number of benzene rings is 1. The first-order valence-corrected chi connectivity index (χ1v) is 5.89. The fraction of sp³-hybridized carbons (Fsp3) is 0.333. The van der Waals surface area contributed by atoms with Crippen LogP contribution in [0.2, 0.25) is 0 Å². The maximum absolute atomic E-state index is 11.1. The molecule has 2 N–H and O–H groups in total. The Hall–Kier alpha value is -1.36. The van der Waals surface area contributed by atoms with Crippen LogP contribution in [-0.2, 0) is 16.0 Å². The number of halogens is 1. The number of hydrogen-bond acceptors (Lipinski definition) is 2. The van der Waals surface area contributed by atoms with Gasteiger partial charge < -0.3 is 10.4 Å². The van der Waals surface area contributed by atoms with Crippen LogP contribution in [0.15, 0.2) is 28.7 Å². The van der Waals surface area contributed by atoms with Gasteiger partial charge in [0.2, 0.25) is 0 Å². The molecule has 0 atom stereocenters. The van der Waals surface area contributed by atoms with Gasteiger partial charge in [-0.15, -0.1) is 0 Å². The highest BCUT2D eigenvalue weighted by molar-refractivity contribution is 9.10. The first-order valence-electron chi connectivity index (χ1n) is 5.10. The molecule has 1 aromatic carbocycles. The number of rotatable bonds is 3.